The molecule has 1 heterocycles. The number of carboxylic acids is 1. The van der Waals surface area contributed by atoms with Crippen LogP contribution in [-0.4, -0.2) is 79.6 Å². The van der Waals surface area contributed by atoms with Gasteiger partial charge in [0.1, 0.15) is 30.6 Å². The van der Waals surface area contributed by atoms with Crippen LogP contribution in [0.15, 0.2) is 0 Å². The van der Waals surface area contributed by atoms with Gasteiger partial charge in [-0.05, 0) is 5.92 Å². The molecular weight excluding hydrogens is 274 g/mol. The third-order valence-corrected chi connectivity index (χ3v) is 3.28. The monoisotopic (exact) mass is 295 g/mol. The summed E-state index contributed by atoms with van der Waals surface area (Å²) in [6.07, 6.45) is -6.87. The number of rotatable bonds is 5. The van der Waals surface area contributed by atoms with Crippen LogP contribution >= 0.6 is 0 Å². The van der Waals surface area contributed by atoms with Gasteiger partial charge in [0, 0.05) is 0 Å². The van der Waals surface area contributed by atoms with Gasteiger partial charge in [0.25, 0.3) is 0 Å². The predicted molar refractivity (Wildman–Crippen MR) is 64.3 cm³/mol. The lowest BCUT2D eigenvalue weighted by molar-refractivity contribution is -0.360. The molecule has 0 saturated carbocycles. The van der Waals surface area contributed by atoms with Crippen molar-refractivity contribution in [3.63, 3.8) is 0 Å². The normalized spacial score (nSPS) is 39.8. The van der Waals surface area contributed by atoms with Gasteiger partial charge in [-0.15, -0.1) is 0 Å². The Morgan fingerprint density at radius 2 is 1.85 bits per heavy atom. The first-order chi connectivity index (χ1) is 9.14. The van der Waals surface area contributed by atoms with Crippen LogP contribution in [0.2, 0.25) is 0 Å². The molecule has 6 atom stereocenters. The van der Waals surface area contributed by atoms with Crippen molar-refractivity contribution < 1.29 is 40.2 Å². The van der Waals surface area contributed by atoms with Crippen LogP contribution < -0.4 is 5.32 Å². The molecule has 0 amide bonds. The summed E-state index contributed by atoms with van der Waals surface area (Å²) in [6.45, 7) is 2.20. The molecule has 1 unspecified atom stereocenters. The molecule has 118 valence electrons. The number of aliphatic carboxylic acids is 1. The number of hydrogen-bond acceptors (Lipinski definition) is 8. The second-order valence-electron chi connectivity index (χ2n) is 5.19. The number of aliphatic hydroxyl groups excluding tert-OH is 4. The zero-order chi connectivity index (χ0) is 15.7. The lowest BCUT2D eigenvalue weighted by Gasteiger charge is -2.45. The minimum Gasteiger partial charge on any atom is -0.480 e. The van der Waals surface area contributed by atoms with Crippen LogP contribution in [0.4, 0.5) is 0 Å². The van der Waals surface area contributed by atoms with Crippen molar-refractivity contribution in [1.29, 1.82) is 0 Å². The Kier molecular flexibility index (Phi) is 5.44. The van der Waals surface area contributed by atoms with Crippen molar-refractivity contribution in [1.82, 2.24) is 5.32 Å². The second-order valence-corrected chi connectivity index (χ2v) is 5.19. The highest BCUT2D eigenvalue weighted by Crippen LogP contribution is 2.27. The average molecular weight is 295 g/mol. The molecule has 1 aliphatic rings. The maximum atomic E-state index is 11.1. The number of hydrogen-bond donors (Lipinski definition) is 7. The van der Waals surface area contributed by atoms with E-state index in [-0.39, 0.29) is 5.92 Å². The first kappa shape index (κ1) is 17.2. The van der Waals surface area contributed by atoms with Gasteiger partial charge >= 0.3 is 5.97 Å². The summed E-state index contributed by atoms with van der Waals surface area (Å²) in [5.74, 6) is -4.06. The molecule has 7 N–H and O–H groups in total. The molecule has 1 rings (SSSR count). The van der Waals surface area contributed by atoms with E-state index in [9.17, 15) is 25.2 Å². The molecule has 0 spiro atoms. The van der Waals surface area contributed by atoms with E-state index in [4.69, 9.17) is 14.9 Å². The van der Waals surface area contributed by atoms with Crippen molar-refractivity contribution in [2.24, 2.45) is 5.92 Å². The van der Waals surface area contributed by atoms with Gasteiger partial charge in [0.2, 0.25) is 5.79 Å². The first-order valence-electron chi connectivity index (χ1n) is 6.18. The number of carboxylic acid groups (broad SMARTS) is 1. The van der Waals surface area contributed by atoms with E-state index in [2.05, 4.69) is 5.32 Å². The highest BCUT2D eigenvalue weighted by Gasteiger charge is 2.53. The number of ether oxygens (including phenoxy) is 1. The second kappa shape index (κ2) is 6.31. The van der Waals surface area contributed by atoms with Gasteiger partial charge in [-0.25, -0.2) is 0 Å². The summed E-state index contributed by atoms with van der Waals surface area (Å²) in [7, 11) is 0. The van der Waals surface area contributed by atoms with E-state index >= 15 is 0 Å². The first-order valence-corrected chi connectivity index (χ1v) is 6.18. The fourth-order valence-electron chi connectivity index (χ4n) is 1.98. The van der Waals surface area contributed by atoms with Crippen molar-refractivity contribution >= 4 is 5.97 Å². The minimum atomic E-state index is -2.49. The average Bonchev–Trinajstić information content (AvgIpc) is 2.38. The number of aliphatic hydroxyl groups is 5. The zero-order valence-corrected chi connectivity index (χ0v) is 11.2. The number of nitrogens with one attached hydrogen (secondary N) is 1. The molecule has 0 aliphatic carbocycles. The molecule has 9 nitrogen and oxygen atoms in total. The summed E-state index contributed by atoms with van der Waals surface area (Å²) in [5.41, 5.74) is 0. The van der Waals surface area contributed by atoms with Gasteiger partial charge in [0.05, 0.1) is 6.61 Å². The minimum absolute atomic E-state index is 0.366. The lowest BCUT2D eigenvalue weighted by atomic mass is 9.94. The largest absolute Gasteiger partial charge is 0.480 e. The summed E-state index contributed by atoms with van der Waals surface area (Å²) >= 11 is 0. The fraction of sp³-hybridized carbons (Fsp3) is 0.909. The Morgan fingerprint density at radius 1 is 1.30 bits per heavy atom. The summed E-state index contributed by atoms with van der Waals surface area (Å²) in [6, 6.07) is -1.11. The van der Waals surface area contributed by atoms with Gasteiger partial charge in [-0.1, -0.05) is 13.8 Å². The van der Waals surface area contributed by atoms with Gasteiger partial charge < -0.3 is 35.4 Å². The lowest BCUT2D eigenvalue weighted by Crippen LogP contribution is -2.70. The molecule has 1 fully saturated rings. The van der Waals surface area contributed by atoms with E-state index in [1.54, 1.807) is 13.8 Å². The summed E-state index contributed by atoms with van der Waals surface area (Å²) in [4.78, 5) is 11.1. The standard InChI is InChI=1S/C11H21NO8/c1-4(2)5(10(17)18)12-9-7(15)6(14)8(16)11(19,3-13)20-9/h4-9,12-16,19H,3H2,1-2H3,(H,17,18)/t5-,6-,7+,8+,9?,11+/m1/s1. The van der Waals surface area contributed by atoms with E-state index in [1.807, 2.05) is 0 Å². The Morgan fingerprint density at radius 3 is 2.25 bits per heavy atom. The van der Waals surface area contributed by atoms with E-state index < -0.39 is 48.9 Å². The van der Waals surface area contributed by atoms with E-state index in [1.165, 1.54) is 0 Å². The van der Waals surface area contributed by atoms with Crippen molar-refractivity contribution in [2.45, 2.75) is 50.2 Å². The smallest absolute Gasteiger partial charge is 0.321 e. The molecule has 0 aromatic carbocycles. The number of carbonyl (C=O) groups is 1. The predicted octanol–water partition coefficient (Wildman–Crippen LogP) is -3.19. The molecule has 0 aromatic heterocycles. The Labute approximate surface area is 115 Å². The molecule has 20 heavy (non-hydrogen) atoms. The Hall–Kier alpha value is -0.810. The van der Waals surface area contributed by atoms with Gasteiger partial charge in [-0.3, -0.25) is 10.1 Å². The van der Waals surface area contributed by atoms with Crippen molar-refractivity contribution in [3.8, 4) is 0 Å². The van der Waals surface area contributed by atoms with Crippen LogP contribution in [0, 0.1) is 5.92 Å². The molecule has 0 radical (unpaired) electrons. The maximum absolute atomic E-state index is 11.1. The SMILES string of the molecule is CC(C)[C@@H](NC1O[C@@](O)(CO)[C@@H](O)[C@H](O)[C@@H]1O)C(=O)O. The quantitative estimate of drug-likeness (QED) is 0.277. The Balaban J connectivity index is 2.91. The van der Waals surface area contributed by atoms with Crippen LogP contribution in [0.3, 0.4) is 0 Å². The fourth-order valence-corrected chi connectivity index (χ4v) is 1.98. The maximum Gasteiger partial charge on any atom is 0.321 e. The molecule has 0 bridgehead atoms. The molecular formula is C11H21NO8. The third kappa shape index (κ3) is 3.26. The van der Waals surface area contributed by atoms with Crippen LogP contribution in [0.5, 0.6) is 0 Å². The highest BCUT2D eigenvalue weighted by atomic mass is 16.7. The molecule has 9 heteroatoms. The van der Waals surface area contributed by atoms with Gasteiger partial charge in [0.15, 0.2) is 0 Å². The third-order valence-electron chi connectivity index (χ3n) is 3.28. The van der Waals surface area contributed by atoms with Gasteiger partial charge in [-0.2, -0.15) is 0 Å². The highest BCUT2D eigenvalue weighted by molar-refractivity contribution is 5.73. The zero-order valence-electron chi connectivity index (χ0n) is 11.2. The van der Waals surface area contributed by atoms with Crippen molar-refractivity contribution in [2.75, 3.05) is 6.61 Å². The molecule has 0 aromatic rings. The topological polar surface area (TPSA) is 160 Å². The van der Waals surface area contributed by atoms with E-state index in [0.717, 1.165) is 0 Å². The summed E-state index contributed by atoms with van der Waals surface area (Å²) < 4.78 is 4.92. The van der Waals surface area contributed by atoms with Crippen molar-refractivity contribution in [3.05, 3.63) is 0 Å². The van der Waals surface area contributed by atoms with Crippen LogP contribution in [0.1, 0.15) is 13.8 Å². The van der Waals surface area contributed by atoms with Crippen LogP contribution in [0.25, 0.3) is 0 Å². The molecule has 1 saturated heterocycles. The Bertz CT molecular complexity index is 351. The summed E-state index contributed by atoms with van der Waals surface area (Å²) in [5, 5.41) is 59.3. The molecule has 1 aliphatic heterocycles. The van der Waals surface area contributed by atoms with E-state index in [0.29, 0.717) is 0 Å². The van der Waals surface area contributed by atoms with Crippen LogP contribution in [-0.2, 0) is 9.53 Å².